The van der Waals surface area contributed by atoms with Gasteiger partial charge < -0.3 is 9.67 Å². The van der Waals surface area contributed by atoms with Crippen LogP contribution in [0.25, 0.3) is 16.8 Å². The number of nitrogens with zero attached hydrogens (tertiary/aromatic N) is 3. The Labute approximate surface area is 126 Å². The molecule has 0 aliphatic heterocycles. The van der Waals surface area contributed by atoms with Gasteiger partial charge in [-0.05, 0) is 42.0 Å². The van der Waals surface area contributed by atoms with Crippen LogP contribution in [0.3, 0.4) is 0 Å². The summed E-state index contributed by atoms with van der Waals surface area (Å²) in [7, 11) is 0. The predicted molar refractivity (Wildman–Crippen MR) is 80.7 cm³/mol. The van der Waals surface area contributed by atoms with E-state index < -0.39 is 5.97 Å². The maximum atomic E-state index is 10.9. The second kappa shape index (κ2) is 5.54. The maximum absolute atomic E-state index is 10.9. The maximum Gasteiger partial charge on any atom is 0.335 e. The number of benzene rings is 1. The van der Waals surface area contributed by atoms with E-state index in [9.17, 15) is 10.1 Å². The van der Waals surface area contributed by atoms with Crippen LogP contribution < -0.4 is 0 Å². The number of nitriles is 1. The van der Waals surface area contributed by atoms with Crippen molar-refractivity contribution >= 4 is 5.97 Å². The average molecular weight is 289 g/mol. The Bertz CT molecular complexity index is 859. The van der Waals surface area contributed by atoms with Crippen molar-refractivity contribution in [1.29, 1.82) is 5.26 Å². The summed E-state index contributed by atoms with van der Waals surface area (Å²) in [5.41, 5.74) is 3.29. The van der Waals surface area contributed by atoms with E-state index in [1.165, 1.54) is 12.1 Å². The molecular formula is C17H11N3O2. The van der Waals surface area contributed by atoms with Crippen LogP contribution >= 0.6 is 0 Å². The summed E-state index contributed by atoms with van der Waals surface area (Å²) in [5, 5.41) is 18.2. The third-order valence-electron chi connectivity index (χ3n) is 3.35. The number of hydrogen-bond donors (Lipinski definition) is 1. The Morgan fingerprint density at radius 3 is 2.36 bits per heavy atom. The van der Waals surface area contributed by atoms with Crippen LogP contribution in [0.5, 0.6) is 0 Å². The van der Waals surface area contributed by atoms with Crippen molar-refractivity contribution in [2.45, 2.75) is 0 Å². The minimum Gasteiger partial charge on any atom is -0.478 e. The molecule has 0 unspecified atom stereocenters. The van der Waals surface area contributed by atoms with E-state index in [0.29, 0.717) is 5.56 Å². The van der Waals surface area contributed by atoms with Gasteiger partial charge in [-0.25, -0.2) is 4.79 Å². The summed E-state index contributed by atoms with van der Waals surface area (Å²) in [6, 6.07) is 12.4. The Kier molecular flexibility index (Phi) is 3.42. The molecule has 3 rings (SSSR count). The third kappa shape index (κ3) is 2.45. The first-order chi connectivity index (χ1) is 10.7. The van der Waals surface area contributed by atoms with E-state index in [2.05, 4.69) is 11.1 Å². The van der Waals surface area contributed by atoms with Gasteiger partial charge in [0.05, 0.1) is 11.1 Å². The fourth-order valence-electron chi connectivity index (χ4n) is 2.23. The molecule has 0 spiro atoms. The van der Waals surface area contributed by atoms with Crippen LogP contribution in [0.4, 0.5) is 0 Å². The molecule has 0 fully saturated rings. The number of carbonyl (C=O) groups is 1. The molecule has 0 aliphatic carbocycles. The highest BCUT2D eigenvalue weighted by Crippen LogP contribution is 2.25. The average Bonchev–Trinajstić information content (AvgIpc) is 3.00. The van der Waals surface area contributed by atoms with Gasteiger partial charge in [0.15, 0.2) is 0 Å². The zero-order valence-corrected chi connectivity index (χ0v) is 11.5. The second-order valence-electron chi connectivity index (χ2n) is 4.69. The zero-order chi connectivity index (χ0) is 15.5. The molecule has 22 heavy (non-hydrogen) atoms. The monoisotopic (exact) mass is 289 g/mol. The minimum absolute atomic E-state index is 0.228. The molecule has 2 heterocycles. The highest BCUT2D eigenvalue weighted by Gasteiger charge is 2.10. The van der Waals surface area contributed by atoms with E-state index in [0.717, 1.165) is 16.8 Å². The van der Waals surface area contributed by atoms with Crippen LogP contribution in [-0.2, 0) is 0 Å². The van der Waals surface area contributed by atoms with Crippen molar-refractivity contribution in [2.75, 3.05) is 0 Å². The fraction of sp³-hybridized carbons (Fsp3) is 0. The smallest absolute Gasteiger partial charge is 0.335 e. The lowest BCUT2D eigenvalue weighted by Gasteiger charge is -2.03. The predicted octanol–water partition coefficient (Wildman–Crippen LogP) is 3.11. The van der Waals surface area contributed by atoms with Gasteiger partial charge in [-0.3, -0.25) is 4.98 Å². The SMILES string of the molecule is N#Cc1cn(-c2ccc(C(=O)O)cc2)cc1-c1ccncc1. The minimum atomic E-state index is -0.964. The quantitative estimate of drug-likeness (QED) is 0.803. The van der Waals surface area contributed by atoms with Crippen LogP contribution in [0, 0.1) is 11.3 Å². The first kappa shape index (κ1) is 13.6. The summed E-state index contributed by atoms with van der Waals surface area (Å²) in [6.45, 7) is 0. The summed E-state index contributed by atoms with van der Waals surface area (Å²) >= 11 is 0. The Morgan fingerprint density at radius 2 is 1.77 bits per heavy atom. The molecule has 0 radical (unpaired) electrons. The topological polar surface area (TPSA) is 78.9 Å². The summed E-state index contributed by atoms with van der Waals surface area (Å²) < 4.78 is 1.81. The molecular weight excluding hydrogens is 278 g/mol. The normalized spacial score (nSPS) is 10.1. The number of aromatic carboxylic acids is 1. The number of pyridine rings is 1. The molecule has 2 aromatic heterocycles. The highest BCUT2D eigenvalue weighted by molar-refractivity contribution is 5.87. The van der Waals surface area contributed by atoms with Crippen molar-refractivity contribution in [3.8, 4) is 22.9 Å². The molecule has 0 saturated carbocycles. The second-order valence-corrected chi connectivity index (χ2v) is 4.69. The number of hydrogen-bond acceptors (Lipinski definition) is 3. The van der Waals surface area contributed by atoms with Gasteiger partial charge in [-0.2, -0.15) is 5.26 Å². The number of carboxylic acid groups (broad SMARTS) is 1. The molecule has 1 N–H and O–H groups in total. The van der Waals surface area contributed by atoms with Gasteiger partial charge in [-0.15, -0.1) is 0 Å². The molecule has 1 aromatic carbocycles. The summed E-state index contributed by atoms with van der Waals surface area (Å²) in [6.07, 6.45) is 6.93. The van der Waals surface area contributed by atoms with Gasteiger partial charge in [0.1, 0.15) is 6.07 Å². The standard InChI is InChI=1S/C17H11N3O2/c18-9-14-10-20(11-16(14)12-5-7-19-8-6-12)15-3-1-13(2-4-15)17(21)22/h1-8,10-11H,(H,21,22). The molecule has 0 aliphatic rings. The molecule has 0 bridgehead atoms. The lowest BCUT2D eigenvalue weighted by atomic mass is 10.1. The molecule has 0 amide bonds. The van der Waals surface area contributed by atoms with Crippen molar-refractivity contribution in [1.82, 2.24) is 9.55 Å². The molecule has 106 valence electrons. The molecule has 3 aromatic rings. The van der Waals surface area contributed by atoms with E-state index in [4.69, 9.17) is 5.11 Å². The van der Waals surface area contributed by atoms with Crippen LogP contribution in [-0.4, -0.2) is 20.6 Å². The van der Waals surface area contributed by atoms with Crippen molar-refractivity contribution < 1.29 is 9.90 Å². The number of rotatable bonds is 3. The number of aromatic nitrogens is 2. The van der Waals surface area contributed by atoms with E-state index in [1.54, 1.807) is 35.3 Å². The first-order valence-electron chi connectivity index (χ1n) is 6.55. The largest absolute Gasteiger partial charge is 0.478 e. The first-order valence-corrected chi connectivity index (χ1v) is 6.55. The van der Waals surface area contributed by atoms with Crippen molar-refractivity contribution in [3.63, 3.8) is 0 Å². The Balaban J connectivity index is 2.04. The van der Waals surface area contributed by atoms with Crippen LogP contribution in [0.2, 0.25) is 0 Å². The van der Waals surface area contributed by atoms with Gasteiger partial charge in [0.2, 0.25) is 0 Å². The summed E-state index contributed by atoms with van der Waals surface area (Å²) in [4.78, 5) is 14.9. The lowest BCUT2D eigenvalue weighted by molar-refractivity contribution is 0.0697. The number of carboxylic acids is 1. The third-order valence-corrected chi connectivity index (χ3v) is 3.35. The molecule has 5 heteroatoms. The fourth-order valence-corrected chi connectivity index (χ4v) is 2.23. The van der Waals surface area contributed by atoms with Gasteiger partial charge in [-0.1, -0.05) is 0 Å². The highest BCUT2D eigenvalue weighted by atomic mass is 16.4. The molecule has 5 nitrogen and oxygen atoms in total. The van der Waals surface area contributed by atoms with E-state index in [-0.39, 0.29) is 5.56 Å². The van der Waals surface area contributed by atoms with E-state index in [1.807, 2.05) is 18.3 Å². The zero-order valence-electron chi connectivity index (χ0n) is 11.5. The van der Waals surface area contributed by atoms with Gasteiger partial charge in [0.25, 0.3) is 0 Å². The lowest BCUT2D eigenvalue weighted by Crippen LogP contribution is -1.97. The van der Waals surface area contributed by atoms with Crippen molar-refractivity contribution in [2.24, 2.45) is 0 Å². The Hall–Kier alpha value is -3.39. The van der Waals surface area contributed by atoms with Gasteiger partial charge >= 0.3 is 5.97 Å². The molecule has 0 atom stereocenters. The van der Waals surface area contributed by atoms with Crippen molar-refractivity contribution in [3.05, 3.63) is 72.3 Å². The summed E-state index contributed by atoms with van der Waals surface area (Å²) in [5.74, 6) is -0.964. The van der Waals surface area contributed by atoms with E-state index >= 15 is 0 Å². The van der Waals surface area contributed by atoms with Gasteiger partial charge in [0, 0.05) is 36.0 Å². The molecule has 0 saturated heterocycles. The van der Waals surface area contributed by atoms with Crippen LogP contribution in [0.15, 0.2) is 61.2 Å². The van der Waals surface area contributed by atoms with Crippen LogP contribution in [0.1, 0.15) is 15.9 Å². The Morgan fingerprint density at radius 1 is 1.09 bits per heavy atom.